The zero-order valence-electron chi connectivity index (χ0n) is 13.3. The Morgan fingerprint density at radius 2 is 1.90 bits per heavy atom. The number of rotatable bonds is 7. The highest BCUT2D eigenvalue weighted by Crippen LogP contribution is 2.28. The molecule has 0 fully saturated rings. The van der Waals surface area contributed by atoms with Gasteiger partial charge in [-0.2, -0.15) is 0 Å². The van der Waals surface area contributed by atoms with Gasteiger partial charge >= 0.3 is 5.97 Å². The van der Waals surface area contributed by atoms with Crippen LogP contribution in [-0.4, -0.2) is 15.6 Å². The van der Waals surface area contributed by atoms with E-state index in [0.717, 1.165) is 49.6 Å². The number of carboxylic acid groups (broad SMARTS) is 1. The molecule has 0 bridgehead atoms. The van der Waals surface area contributed by atoms with Gasteiger partial charge in [0.15, 0.2) is 0 Å². The fourth-order valence-electron chi connectivity index (χ4n) is 2.92. The van der Waals surface area contributed by atoms with Gasteiger partial charge in [-0.05, 0) is 49.4 Å². The van der Waals surface area contributed by atoms with Gasteiger partial charge in [0, 0.05) is 18.1 Å². The van der Waals surface area contributed by atoms with Crippen molar-refractivity contribution in [2.75, 3.05) is 0 Å². The molecule has 0 spiro atoms. The third-order valence-electron chi connectivity index (χ3n) is 4.04. The third kappa shape index (κ3) is 3.29. The Hall–Kier alpha value is -1.77. The molecule has 1 N–H and O–H groups in total. The van der Waals surface area contributed by atoms with Crippen LogP contribution in [0.3, 0.4) is 0 Å². The molecule has 3 nitrogen and oxygen atoms in total. The number of carboxylic acids is 1. The first kappa shape index (κ1) is 15.6. The van der Waals surface area contributed by atoms with Gasteiger partial charge in [-0.1, -0.05) is 26.7 Å². The van der Waals surface area contributed by atoms with Crippen molar-refractivity contribution < 1.29 is 9.90 Å². The van der Waals surface area contributed by atoms with Gasteiger partial charge in [0.05, 0.1) is 11.1 Å². The van der Waals surface area contributed by atoms with Gasteiger partial charge in [0.2, 0.25) is 0 Å². The summed E-state index contributed by atoms with van der Waals surface area (Å²) in [4.78, 5) is 11.3. The number of fused-ring (bicyclic) bond motifs is 1. The molecule has 2 rings (SSSR count). The Morgan fingerprint density at radius 1 is 1.19 bits per heavy atom. The van der Waals surface area contributed by atoms with Gasteiger partial charge in [-0.3, -0.25) is 0 Å². The topological polar surface area (TPSA) is 42.2 Å². The standard InChI is InChI=1S/C18H25NO2/c1-4-6-8-14-12-19(9-7-5-2)17-13(3)10-15(18(20)21)11-16(14)17/h10-12H,4-9H2,1-3H3,(H,20,21). The first-order valence-corrected chi connectivity index (χ1v) is 7.94. The molecular formula is C18H25NO2. The van der Waals surface area contributed by atoms with Crippen LogP contribution >= 0.6 is 0 Å². The molecular weight excluding hydrogens is 262 g/mol. The normalized spacial score (nSPS) is 11.2. The predicted molar refractivity (Wildman–Crippen MR) is 87.2 cm³/mol. The number of carbonyl (C=O) groups is 1. The summed E-state index contributed by atoms with van der Waals surface area (Å²) in [7, 11) is 0. The molecule has 0 amide bonds. The summed E-state index contributed by atoms with van der Waals surface area (Å²) in [6.07, 6.45) is 7.86. The van der Waals surface area contributed by atoms with Crippen molar-refractivity contribution in [3.8, 4) is 0 Å². The maximum Gasteiger partial charge on any atom is 0.335 e. The Labute approximate surface area is 126 Å². The second-order valence-electron chi connectivity index (χ2n) is 5.80. The molecule has 1 aromatic carbocycles. The molecule has 3 heteroatoms. The van der Waals surface area contributed by atoms with E-state index in [9.17, 15) is 9.90 Å². The molecule has 0 aliphatic carbocycles. The van der Waals surface area contributed by atoms with Crippen molar-refractivity contribution in [3.05, 3.63) is 35.0 Å². The van der Waals surface area contributed by atoms with Crippen LogP contribution in [0, 0.1) is 6.92 Å². The molecule has 1 heterocycles. The third-order valence-corrected chi connectivity index (χ3v) is 4.04. The lowest BCUT2D eigenvalue weighted by Crippen LogP contribution is -2.00. The fraction of sp³-hybridized carbons (Fsp3) is 0.500. The summed E-state index contributed by atoms with van der Waals surface area (Å²) in [5, 5.41) is 10.4. The summed E-state index contributed by atoms with van der Waals surface area (Å²) in [5.74, 6) is -0.845. The van der Waals surface area contributed by atoms with Crippen LogP contribution in [0.15, 0.2) is 18.3 Å². The molecule has 0 saturated carbocycles. The van der Waals surface area contributed by atoms with E-state index in [4.69, 9.17) is 0 Å². The second kappa shape index (κ2) is 6.79. The largest absolute Gasteiger partial charge is 0.478 e. The average Bonchev–Trinajstić information content (AvgIpc) is 2.81. The maximum atomic E-state index is 11.3. The van der Waals surface area contributed by atoms with Crippen molar-refractivity contribution in [1.82, 2.24) is 4.57 Å². The summed E-state index contributed by atoms with van der Waals surface area (Å²) in [5.41, 5.74) is 3.95. The van der Waals surface area contributed by atoms with Crippen LogP contribution in [0.1, 0.15) is 61.0 Å². The molecule has 0 atom stereocenters. The molecule has 114 valence electrons. The first-order chi connectivity index (χ1) is 10.1. The summed E-state index contributed by atoms with van der Waals surface area (Å²) in [6.45, 7) is 7.40. The summed E-state index contributed by atoms with van der Waals surface area (Å²) < 4.78 is 2.31. The zero-order valence-corrected chi connectivity index (χ0v) is 13.3. The molecule has 1 aromatic heterocycles. The van der Waals surface area contributed by atoms with Gasteiger partial charge in [0.25, 0.3) is 0 Å². The molecule has 0 unspecified atom stereocenters. The van der Waals surface area contributed by atoms with E-state index < -0.39 is 5.97 Å². The van der Waals surface area contributed by atoms with Crippen LogP contribution in [0.5, 0.6) is 0 Å². The highest BCUT2D eigenvalue weighted by atomic mass is 16.4. The number of benzene rings is 1. The van der Waals surface area contributed by atoms with Crippen LogP contribution < -0.4 is 0 Å². The van der Waals surface area contributed by atoms with Gasteiger partial charge in [-0.25, -0.2) is 4.79 Å². The van der Waals surface area contributed by atoms with E-state index in [1.54, 1.807) is 6.07 Å². The number of aryl methyl sites for hydroxylation is 3. The lowest BCUT2D eigenvalue weighted by molar-refractivity contribution is 0.0697. The van der Waals surface area contributed by atoms with Gasteiger partial charge in [-0.15, -0.1) is 0 Å². The maximum absolute atomic E-state index is 11.3. The molecule has 0 aliphatic rings. The van der Waals surface area contributed by atoms with Crippen molar-refractivity contribution in [2.45, 2.75) is 59.4 Å². The van der Waals surface area contributed by atoms with E-state index >= 15 is 0 Å². The van der Waals surface area contributed by atoms with E-state index in [2.05, 4.69) is 24.6 Å². The van der Waals surface area contributed by atoms with Crippen molar-refractivity contribution in [3.63, 3.8) is 0 Å². The molecule has 0 aliphatic heterocycles. The highest BCUT2D eigenvalue weighted by Gasteiger charge is 2.14. The monoisotopic (exact) mass is 287 g/mol. The van der Waals surface area contributed by atoms with E-state index in [1.165, 1.54) is 11.1 Å². The quantitative estimate of drug-likeness (QED) is 0.795. The summed E-state index contributed by atoms with van der Waals surface area (Å²) >= 11 is 0. The summed E-state index contributed by atoms with van der Waals surface area (Å²) in [6, 6.07) is 3.63. The molecule has 0 radical (unpaired) electrons. The minimum Gasteiger partial charge on any atom is -0.478 e. The minimum absolute atomic E-state index is 0.394. The molecule has 2 aromatic rings. The smallest absolute Gasteiger partial charge is 0.335 e. The van der Waals surface area contributed by atoms with E-state index in [0.29, 0.717) is 5.56 Å². The predicted octanol–water partition coefficient (Wildman–Crippen LogP) is 4.79. The van der Waals surface area contributed by atoms with E-state index in [-0.39, 0.29) is 0 Å². The van der Waals surface area contributed by atoms with Crippen LogP contribution in [0.25, 0.3) is 10.9 Å². The number of aromatic carboxylic acids is 1. The average molecular weight is 287 g/mol. The Morgan fingerprint density at radius 3 is 2.52 bits per heavy atom. The van der Waals surface area contributed by atoms with E-state index in [1.807, 2.05) is 13.0 Å². The minimum atomic E-state index is -0.845. The lowest BCUT2D eigenvalue weighted by atomic mass is 10.0. The van der Waals surface area contributed by atoms with Crippen molar-refractivity contribution in [1.29, 1.82) is 0 Å². The van der Waals surface area contributed by atoms with Crippen molar-refractivity contribution >= 4 is 16.9 Å². The lowest BCUT2D eigenvalue weighted by Gasteiger charge is -2.07. The number of unbranched alkanes of at least 4 members (excludes halogenated alkanes) is 2. The number of hydrogen-bond acceptors (Lipinski definition) is 1. The number of hydrogen-bond donors (Lipinski definition) is 1. The Bertz CT molecular complexity index is 640. The highest BCUT2D eigenvalue weighted by molar-refractivity contribution is 5.96. The molecule has 0 saturated heterocycles. The fourth-order valence-corrected chi connectivity index (χ4v) is 2.92. The van der Waals surface area contributed by atoms with Crippen LogP contribution in [0.2, 0.25) is 0 Å². The number of aromatic nitrogens is 1. The van der Waals surface area contributed by atoms with Crippen LogP contribution in [-0.2, 0) is 13.0 Å². The SMILES string of the molecule is CCCCc1cn(CCCC)c2c(C)cc(C(=O)O)cc12. The second-order valence-corrected chi connectivity index (χ2v) is 5.80. The zero-order chi connectivity index (χ0) is 15.4. The van der Waals surface area contributed by atoms with Gasteiger partial charge < -0.3 is 9.67 Å². The molecule has 21 heavy (non-hydrogen) atoms. The number of nitrogens with zero attached hydrogens (tertiary/aromatic N) is 1. The first-order valence-electron chi connectivity index (χ1n) is 7.94. The Balaban J connectivity index is 2.56. The van der Waals surface area contributed by atoms with Gasteiger partial charge in [0.1, 0.15) is 0 Å². The Kier molecular flexibility index (Phi) is 5.05. The van der Waals surface area contributed by atoms with Crippen molar-refractivity contribution in [2.24, 2.45) is 0 Å². The van der Waals surface area contributed by atoms with Crippen LogP contribution in [0.4, 0.5) is 0 Å².